The molecule has 11 heavy (non-hydrogen) atoms. The maximum Gasteiger partial charge on any atom is 0.118 e. The third kappa shape index (κ3) is 4.37. The summed E-state index contributed by atoms with van der Waals surface area (Å²) in [6.07, 6.45) is 6.20. The second kappa shape index (κ2) is 5.71. The fourth-order valence-corrected chi connectivity index (χ4v) is 0.623. The summed E-state index contributed by atoms with van der Waals surface area (Å²) in [4.78, 5) is 0. The summed E-state index contributed by atoms with van der Waals surface area (Å²) in [5.74, 6) is 0.112. The minimum atomic E-state index is -0.548. The maximum absolute atomic E-state index is 11.6. The van der Waals surface area contributed by atoms with Gasteiger partial charge in [0.1, 0.15) is 12.4 Å². The van der Waals surface area contributed by atoms with E-state index in [0.29, 0.717) is 0 Å². The van der Waals surface area contributed by atoms with E-state index in [1.807, 2.05) is 13.0 Å². The first-order chi connectivity index (χ1) is 5.22. The van der Waals surface area contributed by atoms with Crippen molar-refractivity contribution >= 4 is 0 Å². The summed E-state index contributed by atoms with van der Waals surface area (Å²) < 4.78 is 11.6. The highest BCUT2D eigenvalue weighted by molar-refractivity contribution is 5.26. The van der Waals surface area contributed by atoms with Gasteiger partial charge < -0.3 is 5.11 Å². The van der Waals surface area contributed by atoms with Crippen molar-refractivity contribution in [2.45, 2.75) is 13.8 Å². The number of rotatable bonds is 3. The molecule has 0 aromatic carbocycles. The molecule has 0 aliphatic rings. The molecule has 0 radical (unpaired) electrons. The lowest BCUT2D eigenvalue weighted by atomic mass is 10.2. The average Bonchev–Trinajstić information content (AvgIpc) is 2.00. The minimum absolute atomic E-state index is 0.112. The third-order valence-corrected chi connectivity index (χ3v) is 1.19. The van der Waals surface area contributed by atoms with E-state index >= 15 is 0 Å². The maximum atomic E-state index is 11.6. The molecule has 0 aromatic rings. The summed E-state index contributed by atoms with van der Waals surface area (Å²) in [6, 6.07) is 0. The van der Waals surface area contributed by atoms with E-state index in [1.54, 1.807) is 13.0 Å². The average molecular weight is 156 g/mol. The van der Waals surface area contributed by atoms with E-state index in [1.165, 1.54) is 12.2 Å². The van der Waals surface area contributed by atoms with Gasteiger partial charge >= 0.3 is 0 Å². The van der Waals surface area contributed by atoms with Gasteiger partial charge in [-0.3, -0.25) is 0 Å². The molecule has 0 fully saturated rings. The van der Waals surface area contributed by atoms with Crippen LogP contribution in [0.3, 0.4) is 0 Å². The van der Waals surface area contributed by atoms with Gasteiger partial charge in [-0.1, -0.05) is 18.2 Å². The summed E-state index contributed by atoms with van der Waals surface area (Å²) in [5, 5.41) is 9.15. The van der Waals surface area contributed by atoms with Crippen LogP contribution in [-0.4, -0.2) is 11.8 Å². The highest BCUT2D eigenvalue weighted by atomic mass is 19.1. The van der Waals surface area contributed by atoms with E-state index < -0.39 is 6.67 Å². The monoisotopic (exact) mass is 156 g/mol. The van der Waals surface area contributed by atoms with Crippen LogP contribution in [0.15, 0.2) is 35.6 Å². The molecular formula is C9H13FO. The molecule has 0 aliphatic carbocycles. The fraction of sp³-hybridized carbons (Fsp3) is 0.333. The van der Waals surface area contributed by atoms with Crippen LogP contribution in [0, 0.1) is 0 Å². The third-order valence-electron chi connectivity index (χ3n) is 1.19. The van der Waals surface area contributed by atoms with Crippen LogP contribution in [0.1, 0.15) is 13.8 Å². The summed E-state index contributed by atoms with van der Waals surface area (Å²) >= 11 is 0. The van der Waals surface area contributed by atoms with Crippen molar-refractivity contribution < 1.29 is 9.50 Å². The normalized spacial score (nSPS) is 14.5. The molecule has 0 rings (SSSR count). The number of allylic oxidation sites excluding steroid dienone is 5. The van der Waals surface area contributed by atoms with Crippen molar-refractivity contribution in [1.29, 1.82) is 0 Å². The highest BCUT2D eigenvalue weighted by Crippen LogP contribution is 2.03. The zero-order valence-electron chi connectivity index (χ0n) is 6.84. The predicted octanol–water partition coefficient (Wildman–Crippen LogP) is 2.92. The Morgan fingerprint density at radius 2 is 2.09 bits per heavy atom. The first-order valence-corrected chi connectivity index (χ1v) is 3.47. The summed E-state index contributed by atoms with van der Waals surface area (Å²) in [5.41, 5.74) is 0.734. The van der Waals surface area contributed by atoms with Gasteiger partial charge in [0.25, 0.3) is 0 Å². The van der Waals surface area contributed by atoms with Gasteiger partial charge in [-0.05, 0) is 25.5 Å². The standard InChI is InChI=1S/C9H13FO/c1-3-5-8(2)9(11)6-4-7-10/h3-6,11H,7H2,1-2H3/b5-3-,6-4-,9-8-. The van der Waals surface area contributed by atoms with Gasteiger partial charge in [-0.2, -0.15) is 0 Å². The lowest BCUT2D eigenvalue weighted by molar-refractivity contribution is 0.426. The molecule has 1 nitrogen and oxygen atoms in total. The number of alkyl halides is 1. The molecule has 2 heteroatoms. The Morgan fingerprint density at radius 1 is 1.45 bits per heavy atom. The van der Waals surface area contributed by atoms with Crippen molar-refractivity contribution in [3.8, 4) is 0 Å². The van der Waals surface area contributed by atoms with Crippen LogP contribution >= 0.6 is 0 Å². The number of hydrogen-bond acceptors (Lipinski definition) is 1. The van der Waals surface area contributed by atoms with E-state index in [4.69, 9.17) is 5.11 Å². The SMILES string of the molecule is C\C=C/C(C)=C(O)/C=C\CF. The Balaban J connectivity index is 4.27. The van der Waals surface area contributed by atoms with Crippen molar-refractivity contribution in [2.75, 3.05) is 6.67 Å². The summed E-state index contributed by atoms with van der Waals surface area (Å²) in [6.45, 7) is 3.07. The van der Waals surface area contributed by atoms with Gasteiger partial charge in [-0.25, -0.2) is 4.39 Å². The summed E-state index contributed by atoms with van der Waals surface area (Å²) in [7, 11) is 0. The molecule has 0 aliphatic heterocycles. The molecular weight excluding hydrogens is 143 g/mol. The molecule has 0 unspecified atom stereocenters. The Kier molecular flexibility index (Phi) is 5.17. The Morgan fingerprint density at radius 3 is 2.55 bits per heavy atom. The molecule has 0 bridgehead atoms. The van der Waals surface area contributed by atoms with Crippen LogP contribution in [0.5, 0.6) is 0 Å². The van der Waals surface area contributed by atoms with Crippen LogP contribution < -0.4 is 0 Å². The van der Waals surface area contributed by atoms with E-state index in [-0.39, 0.29) is 5.76 Å². The Labute approximate surface area is 66.5 Å². The number of hydrogen-bond donors (Lipinski definition) is 1. The Hall–Kier alpha value is -1.05. The minimum Gasteiger partial charge on any atom is -0.508 e. The first-order valence-electron chi connectivity index (χ1n) is 3.47. The van der Waals surface area contributed by atoms with E-state index in [9.17, 15) is 4.39 Å². The van der Waals surface area contributed by atoms with Crippen LogP contribution in [0.2, 0.25) is 0 Å². The van der Waals surface area contributed by atoms with E-state index in [0.717, 1.165) is 5.57 Å². The number of aliphatic hydroxyl groups excluding tert-OH is 1. The van der Waals surface area contributed by atoms with E-state index in [2.05, 4.69) is 0 Å². The lowest BCUT2D eigenvalue weighted by Crippen LogP contribution is -1.80. The van der Waals surface area contributed by atoms with Crippen LogP contribution in [0.4, 0.5) is 4.39 Å². The van der Waals surface area contributed by atoms with Crippen molar-refractivity contribution in [3.63, 3.8) is 0 Å². The molecule has 0 spiro atoms. The lowest BCUT2D eigenvalue weighted by Gasteiger charge is -1.93. The first kappa shape index (κ1) is 9.95. The van der Waals surface area contributed by atoms with Crippen molar-refractivity contribution in [3.05, 3.63) is 35.6 Å². The van der Waals surface area contributed by atoms with Crippen LogP contribution in [0.25, 0.3) is 0 Å². The fourth-order valence-electron chi connectivity index (χ4n) is 0.623. The zero-order valence-corrected chi connectivity index (χ0v) is 6.84. The topological polar surface area (TPSA) is 20.2 Å². The largest absolute Gasteiger partial charge is 0.508 e. The molecule has 1 N–H and O–H groups in total. The second-order valence-corrected chi connectivity index (χ2v) is 2.12. The molecule has 0 amide bonds. The molecule has 0 aromatic heterocycles. The predicted molar refractivity (Wildman–Crippen MR) is 45.3 cm³/mol. The van der Waals surface area contributed by atoms with Gasteiger partial charge in [0.2, 0.25) is 0 Å². The second-order valence-electron chi connectivity index (χ2n) is 2.12. The molecule has 0 heterocycles. The molecule has 0 saturated heterocycles. The number of aliphatic hydroxyl groups is 1. The molecule has 0 saturated carbocycles. The Bertz CT molecular complexity index is 190. The van der Waals surface area contributed by atoms with Gasteiger partial charge in [0, 0.05) is 0 Å². The van der Waals surface area contributed by atoms with Crippen molar-refractivity contribution in [2.24, 2.45) is 0 Å². The van der Waals surface area contributed by atoms with Crippen LogP contribution in [-0.2, 0) is 0 Å². The zero-order chi connectivity index (χ0) is 8.69. The quantitative estimate of drug-likeness (QED) is 0.492. The smallest absolute Gasteiger partial charge is 0.118 e. The van der Waals surface area contributed by atoms with Gasteiger partial charge in [0.05, 0.1) is 0 Å². The molecule has 0 atom stereocenters. The highest BCUT2D eigenvalue weighted by Gasteiger charge is 1.89. The molecule has 62 valence electrons. The van der Waals surface area contributed by atoms with Gasteiger partial charge in [-0.15, -0.1) is 0 Å². The number of halogens is 1. The van der Waals surface area contributed by atoms with Gasteiger partial charge in [0.15, 0.2) is 0 Å². The van der Waals surface area contributed by atoms with Crippen molar-refractivity contribution in [1.82, 2.24) is 0 Å².